The number of hydrogen-bond donors (Lipinski definition) is 2. The number of nitrogens with zero attached hydrogens (tertiary/aromatic N) is 2. The lowest BCUT2D eigenvalue weighted by Gasteiger charge is -2.13. The summed E-state index contributed by atoms with van der Waals surface area (Å²) in [6.07, 6.45) is 5.28. The summed E-state index contributed by atoms with van der Waals surface area (Å²) in [7, 11) is 0. The molecule has 1 aliphatic rings. The lowest BCUT2D eigenvalue weighted by molar-refractivity contribution is 0.406. The van der Waals surface area contributed by atoms with Gasteiger partial charge in [0.2, 0.25) is 0 Å². The second-order valence-corrected chi connectivity index (χ2v) is 3.88. The third-order valence-corrected chi connectivity index (χ3v) is 2.72. The molecule has 1 aromatic rings. The molecule has 0 saturated carbocycles. The fourth-order valence-corrected chi connectivity index (χ4v) is 1.93. The van der Waals surface area contributed by atoms with Crippen LogP contribution in [0.5, 0.6) is 0 Å². The van der Waals surface area contributed by atoms with Gasteiger partial charge in [0.1, 0.15) is 6.33 Å². The van der Waals surface area contributed by atoms with E-state index in [-0.39, 0.29) is 5.69 Å². The predicted octanol–water partition coefficient (Wildman–Crippen LogP) is -0.0389. The first-order valence-corrected chi connectivity index (χ1v) is 5.17. The monoisotopic (exact) mass is 196 g/mol. The van der Waals surface area contributed by atoms with Gasteiger partial charge >= 0.3 is 5.69 Å². The molecule has 2 rings (SSSR count). The van der Waals surface area contributed by atoms with Crippen LogP contribution < -0.4 is 11.0 Å². The highest BCUT2D eigenvalue weighted by molar-refractivity contribution is 4.71. The van der Waals surface area contributed by atoms with Gasteiger partial charge in [-0.3, -0.25) is 4.57 Å². The van der Waals surface area contributed by atoms with E-state index in [4.69, 9.17) is 0 Å². The van der Waals surface area contributed by atoms with Gasteiger partial charge in [0, 0.05) is 6.54 Å². The summed E-state index contributed by atoms with van der Waals surface area (Å²) >= 11 is 0. The van der Waals surface area contributed by atoms with Crippen LogP contribution in [0.1, 0.15) is 19.3 Å². The molecule has 0 spiro atoms. The molecule has 5 nitrogen and oxygen atoms in total. The van der Waals surface area contributed by atoms with Gasteiger partial charge in [0.15, 0.2) is 0 Å². The van der Waals surface area contributed by atoms with Crippen molar-refractivity contribution in [1.29, 1.82) is 0 Å². The SMILES string of the molecule is O=c1[nH]ncn1CC1CCCCNC1. The van der Waals surface area contributed by atoms with E-state index < -0.39 is 0 Å². The number of hydrogen-bond acceptors (Lipinski definition) is 3. The fraction of sp³-hybridized carbons (Fsp3) is 0.778. The van der Waals surface area contributed by atoms with E-state index in [2.05, 4.69) is 15.5 Å². The first kappa shape index (κ1) is 9.45. The average Bonchev–Trinajstić information content (AvgIpc) is 2.44. The van der Waals surface area contributed by atoms with E-state index in [1.165, 1.54) is 19.3 Å². The average molecular weight is 196 g/mol. The maximum absolute atomic E-state index is 11.2. The third-order valence-electron chi connectivity index (χ3n) is 2.72. The van der Waals surface area contributed by atoms with Crippen LogP contribution >= 0.6 is 0 Å². The first-order chi connectivity index (χ1) is 6.86. The largest absolute Gasteiger partial charge is 0.343 e. The summed E-state index contributed by atoms with van der Waals surface area (Å²) < 4.78 is 1.65. The molecule has 14 heavy (non-hydrogen) atoms. The van der Waals surface area contributed by atoms with Crippen LogP contribution in [0.3, 0.4) is 0 Å². The van der Waals surface area contributed by atoms with Crippen LogP contribution in [0.15, 0.2) is 11.1 Å². The Morgan fingerprint density at radius 1 is 1.57 bits per heavy atom. The van der Waals surface area contributed by atoms with Crippen molar-refractivity contribution in [2.24, 2.45) is 5.92 Å². The normalized spacial score (nSPS) is 23.3. The maximum Gasteiger partial charge on any atom is 0.343 e. The first-order valence-electron chi connectivity index (χ1n) is 5.17. The number of rotatable bonds is 2. The van der Waals surface area contributed by atoms with Crippen molar-refractivity contribution in [2.45, 2.75) is 25.8 Å². The van der Waals surface area contributed by atoms with Crippen LogP contribution in [-0.4, -0.2) is 27.9 Å². The van der Waals surface area contributed by atoms with Gasteiger partial charge in [-0.25, -0.2) is 9.89 Å². The second-order valence-electron chi connectivity index (χ2n) is 3.88. The standard InChI is InChI=1S/C9H16N4O/c14-9-12-11-7-13(9)6-8-3-1-2-4-10-5-8/h7-8,10H,1-6H2,(H,12,14). The molecule has 1 fully saturated rings. The highest BCUT2D eigenvalue weighted by atomic mass is 16.1. The molecule has 2 heterocycles. The van der Waals surface area contributed by atoms with Gasteiger partial charge in [0.25, 0.3) is 0 Å². The van der Waals surface area contributed by atoms with E-state index in [1.54, 1.807) is 10.9 Å². The molecule has 0 bridgehead atoms. The van der Waals surface area contributed by atoms with Gasteiger partial charge in [-0.15, -0.1) is 0 Å². The highest BCUT2D eigenvalue weighted by Crippen LogP contribution is 2.12. The van der Waals surface area contributed by atoms with Crippen molar-refractivity contribution in [3.63, 3.8) is 0 Å². The lowest BCUT2D eigenvalue weighted by Crippen LogP contribution is -2.27. The van der Waals surface area contributed by atoms with Crippen LogP contribution in [-0.2, 0) is 6.54 Å². The van der Waals surface area contributed by atoms with Crippen molar-refractivity contribution in [3.05, 3.63) is 16.8 Å². The van der Waals surface area contributed by atoms with Gasteiger partial charge in [-0.2, -0.15) is 5.10 Å². The molecule has 2 N–H and O–H groups in total. The molecular formula is C9H16N4O. The molecule has 1 aliphatic heterocycles. The van der Waals surface area contributed by atoms with Gasteiger partial charge < -0.3 is 5.32 Å². The van der Waals surface area contributed by atoms with E-state index >= 15 is 0 Å². The predicted molar refractivity (Wildman–Crippen MR) is 53.1 cm³/mol. The van der Waals surface area contributed by atoms with Crippen LogP contribution in [0.2, 0.25) is 0 Å². The second kappa shape index (κ2) is 4.41. The van der Waals surface area contributed by atoms with Gasteiger partial charge in [-0.1, -0.05) is 6.42 Å². The minimum atomic E-state index is -0.103. The molecule has 0 aromatic carbocycles. The molecule has 1 atom stereocenters. The number of aromatic nitrogens is 3. The molecule has 0 radical (unpaired) electrons. The topological polar surface area (TPSA) is 62.7 Å². The zero-order valence-electron chi connectivity index (χ0n) is 8.20. The summed E-state index contributed by atoms with van der Waals surface area (Å²) in [5.74, 6) is 0.563. The molecule has 1 unspecified atom stereocenters. The Bertz CT molecular complexity index is 322. The van der Waals surface area contributed by atoms with Crippen molar-refractivity contribution in [2.75, 3.05) is 13.1 Å². The third kappa shape index (κ3) is 2.23. The lowest BCUT2D eigenvalue weighted by atomic mass is 10.0. The molecule has 1 saturated heterocycles. The molecule has 0 amide bonds. The minimum absolute atomic E-state index is 0.103. The summed E-state index contributed by atoms with van der Waals surface area (Å²) in [5, 5.41) is 9.51. The van der Waals surface area contributed by atoms with Crippen LogP contribution in [0.4, 0.5) is 0 Å². The zero-order chi connectivity index (χ0) is 9.80. The Morgan fingerprint density at radius 3 is 3.29 bits per heavy atom. The highest BCUT2D eigenvalue weighted by Gasteiger charge is 2.13. The van der Waals surface area contributed by atoms with E-state index in [0.717, 1.165) is 19.6 Å². The number of nitrogens with one attached hydrogen (secondary N) is 2. The Morgan fingerprint density at radius 2 is 2.50 bits per heavy atom. The molecule has 0 aliphatic carbocycles. The van der Waals surface area contributed by atoms with Crippen molar-refractivity contribution >= 4 is 0 Å². The smallest absolute Gasteiger partial charge is 0.316 e. The maximum atomic E-state index is 11.2. The van der Waals surface area contributed by atoms with Crippen molar-refractivity contribution in [1.82, 2.24) is 20.1 Å². The van der Waals surface area contributed by atoms with Gasteiger partial charge in [0.05, 0.1) is 0 Å². The number of H-pyrrole nitrogens is 1. The number of aromatic amines is 1. The molecular weight excluding hydrogens is 180 g/mol. The van der Waals surface area contributed by atoms with E-state index in [9.17, 15) is 4.79 Å². The zero-order valence-corrected chi connectivity index (χ0v) is 8.20. The Kier molecular flexibility index (Phi) is 2.98. The molecule has 78 valence electrons. The van der Waals surface area contributed by atoms with Crippen molar-refractivity contribution < 1.29 is 0 Å². The van der Waals surface area contributed by atoms with E-state index in [1.807, 2.05) is 0 Å². The molecule has 1 aromatic heterocycles. The van der Waals surface area contributed by atoms with Crippen LogP contribution in [0.25, 0.3) is 0 Å². The summed E-state index contributed by atoms with van der Waals surface area (Å²) in [4.78, 5) is 11.2. The Hall–Kier alpha value is -1.10. The van der Waals surface area contributed by atoms with Crippen molar-refractivity contribution in [3.8, 4) is 0 Å². The quantitative estimate of drug-likeness (QED) is 0.697. The van der Waals surface area contributed by atoms with Crippen LogP contribution in [0, 0.1) is 5.92 Å². The Balaban J connectivity index is 1.96. The van der Waals surface area contributed by atoms with Gasteiger partial charge in [-0.05, 0) is 31.8 Å². The summed E-state index contributed by atoms with van der Waals surface area (Å²) in [5.41, 5.74) is -0.103. The minimum Gasteiger partial charge on any atom is -0.316 e. The Labute approximate surface area is 82.5 Å². The fourth-order valence-electron chi connectivity index (χ4n) is 1.93. The van der Waals surface area contributed by atoms with E-state index in [0.29, 0.717) is 5.92 Å². The summed E-state index contributed by atoms with van der Waals surface area (Å²) in [6.45, 7) is 2.90. The summed E-state index contributed by atoms with van der Waals surface area (Å²) in [6, 6.07) is 0. The molecule has 5 heteroatoms.